The Morgan fingerprint density at radius 1 is 1.33 bits per heavy atom. The van der Waals surface area contributed by atoms with E-state index in [2.05, 4.69) is 15.4 Å². The predicted octanol–water partition coefficient (Wildman–Crippen LogP) is 1.60. The molecule has 1 amide bonds. The lowest BCUT2D eigenvalue weighted by atomic mass is 10.2. The van der Waals surface area contributed by atoms with Gasteiger partial charge < -0.3 is 10.1 Å². The number of ether oxygens (including phenoxy) is 1. The number of carbonyl (C=O) groups excluding carboxylic acids is 1. The quantitative estimate of drug-likeness (QED) is 0.450. The Hall–Kier alpha value is -2.36. The molecule has 10 heteroatoms. The number of rotatable bonds is 8. The summed E-state index contributed by atoms with van der Waals surface area (Å²) in [6.45, 7) is 0.619. The Bertz CT molecular complexity index is 986. The van der Waals surface area contributed by atoms with Crippen LogP contribution in [-0.4, -0.2) is 45.3 Å². The Morgan fingerprint density at radius 2 is 2.11 bits per heavy atom. The lowest BCUT2D eigenvalue weighted by molar-refractivity contribution is -0.122. The number of nitrogens with one attached hydrogen (secondary N) is 1. The molecular weight excluding hydrogens is 390 g/mol. The van der Waals surface area contributed by atoms with Crippen LogP contribution in [0, 0.1) is 0 Å². The molecule has 2 heterocycles. The monoisotopic (exact) mass is 407 g/mol. The van der Waals surface area contributed by atoms with E-state index in [4.69, 9.17) is 16.3 Å². The van der Waals surface area contributed by atoms with Crippen molar-refractivity contribution in [2.75, 3.05) is 20.3 Å². The van der Waals surface area contributed by atoms with Crippen molar-refractivity contribution in [3.8, 4) is 0 Å². The molecule has 3 aromatic rings. The zero-order chi connectivity index (χ0) is 19.2. The highest BCUT2D eigenvalue weighted by Gasteiger charge is 2.14. The first kappa shape index (κ1) is 19.4. The lowest BCUT2D eigenvalue weighted by Crippen LogP contribution is -2.34. The van der Waals surface area contributed by atoms with E-state index in [9.17, 15) is 9.59 Å². The van der Waals surface area contributed by atoms with Crippen LogP contribution in [0.4, 0.5) is 0 Å². The summed E-state index contributed by atoms with van der Waals surface area (Å²) >= 11 is 7.36. The number of nitrogens with zero attached hydrogens (tertiary/aromatic N) is 4. The van der Waals surface area contributed by atoms with Crippen LogP contribution in [0.1, 0.15) is 5.56 Å². The fourth-order valence-electron chi connectivity index (χ4n) is 2.35. The SMILES string of the molecule is COCCNC(=O)Cn1nc2c(SCc3ccc(Cl)cc3)nccn2c1=O. The molecule has 0 saturated heterocycles. The smallest absolute Gasteiger partial charge is 0.350 e. The number of halogens is 1. The highest BCUT2D eigenvalue weighted by atomic mass is 35.5. The molecular formula is C17H18ClN5O3S. The van der Waals surface area contributed by atoms with Gasteiger partial charge in [0.25, 0.3) is 0 Å². The van der Waals surface area contributed by atoms with Crippen molar-refractivity contribution in [3.63, 3.8) is 0 Å². The molecule has 2 aromatic heterocycles. The number of amides is 1. The third-order valence-corrected chi connectivity index (χ3v) is 4.97. The van der Waals surface area contributed by atoms with E-state index < -0.39 is 0 Å². The Labute approximate surface area is 164 Å². The molecule has 0 aliphatic carbocycles. The minimum Gasteiger partial charge on any atom is -0.383 e. The van der Waals surface area contributed by atoms with E-state index in [-0.39, 0.29) is 18.1 Å². The highest BCUT2D eigenvalue weighted by Crippen LogP contribution is 2.24. The van der Waals surface area contributed by atoms with E-state index in [0.717, 1.165) is 10.2 Å². The summed E-state index contributed by atoms with van der Waals surface area (Å²) in [7, 11) is 1.55. The van der Waals surface area contributed by atoms with Gasteiger partial charge in [-0.25, -0.2) is 18.9 Å². The molecule has 0 spiro atoms. The second kappa shape index (κ2) is 9.03. The summed E-state index contributed by atoms with van der Waals surface area (Å²) in [6, 6.07) is 7.52. The van der Waals surface area contributed by atoms with Crippen LogP contribution in [0.2, 0.25) is 5.02 Å². The van der Waals surface area contributed by atoms with Crippen molar-refractivity contribution in [3.05, 3.63) is 57.7 Å². The number of thioether (sulfide) groups is 1. The van der Waals surface area contributed by atoms with Gasteiger partial charge in [-0.05, 0) is 17.7 Å². The van der Waals surface area contributed by atoms with Gasteiger partial charge in [0, 0.05) is 36.8 Å². The molecule has 0 bridgehead atoms. The van der Waals surface area contributed by atoms with Crippen molar-refractivity contribution < 1.29 is 9.53 Å². The molecule has 0 radical (unpaired) electrons. The van der Waals surface area contributed by atoms with Crippen molar-refractivity contribution in [2.24, 2.45) is 0 Å². The molecule has 1 aromatic carbocycles. The molecule has 0 unspecified atom stereocenters. The maximum absolute atomic E-state index is 12.5. The Morgan fingerprint density at radius 3 is 2.85 bits per heavy atom. The summed E-state index contributed by atoms with van der Waals surface area (Å²) in [5.74, 6) is 0.350. The maximum atomic E-state index is 12.5. The average Bonchev–Trinajstić information content (AvgIpc) is 2.98. The first-order valence-electron chi connectivity index (χ1n) is 8.15. The van der Waals surface area contributed by atoms with E-state index >= 15 is 0 Å². The van der Waals surface area contributed by atoms with E-state index in [0.29, 0.717) is 34.6 Å². The zero-order valence-electron chi connectivity index (χ0n) is 14.6. The fraction of sp³-hybridized carbons (Fsp3) is 0.294. The van der Waals surface area contributed by atoms with Crippen LogP contribution < -0.4 is 11.0 Å². The molecule has 1 N–H and O–H groups in total. The topological polar surface area (TPSA) is 90.5 Å². The Balaban J connectivity index is 1.76. The van der Waals surface area contributed by atoms with Gasteiger partial charge in [-0.15, -0.1) is 5.10 Å². The lowest BCUT2D eigenvalue weighted by Gasteiger charge is -2.03. The molecule has 27 heavy (non-hydrogen) atoms. The van der Waals surface area contributed by atoms with E-state index in [1.54, 1.807) is 13.3 Å². The van der Waals surface area contributed by atoms with Gasteiger partial charge in [0.05, 0.1) is 6.61 Å². The van der Waals surface area contributed by atoms with Gasteiger partial charge >= 0.3 is 5.69 Å². The van der Waals surface area contributed by atoms with Crippen LogP contribution in [0.25, 0.3) is 5.65 Å². The first-order valence-corrected chi connectivity index (χ1v) is 9.52. The minimum atomic E-state index is -0.386. The molecule has 3 rings (SSSR count). The number of hydrogen-bond donors (Lipinski definition) is 1. The Kier molecular flexibility index (Phi) is 6.49. The van der Waals surface area contributed by atoms with Gasteiger partial charge in [0.15, 0.2) is 5.65 Å². The first-order chi connectivity index (χ1) is 13.1. The summed E-state index contributed by atoms with van der Waals surface area (Å²) in [5, 5.41) is 8.24. The second-order valence-electron chi connectivity index (χ2n) is 5.62. The number of hydrogen-bond acceptors (Lipinski definition) is 6. The van der Waals surface area contributed by atoms with Crippen LogP contribution in [0.3, 0.4) is 0 Å². The van der Waals surface area contributed by atoms with Gasteiger partial charge in [-0.1, -0.05) is 35.5 Å². The maximum Gasteiger partial charge on any atom is 0.350 e. The van der Waals surface area contributed by atoms with Crippen molar-refractivity contribution in [1.29, 1.82) is 0 Å². The number of benzene rings is 1. The normalized spacial score (nSPS) is 11.0. The molecule has 0 aliphatic rings. The second-order valence-corrected chi connectivity index (χ2v) is 7.02. The highest BCUT2D eigenvalue weighted by molar-refractivity contribution is 7.98. The van der Waals surface area contributed by atoms with Gasteiger partial charge in [-0.2, -0.15) is 0 Å². The standard InChI is InChI=1S/C17H18ClN5O3S/c1-26-9-7-19-14(24)10-23-17(25)22-8-6-20-16(15(22)21-23)27-11-12-2-4-13(18)5-3-12/h2-6,8H,7,9-11H2,1H3,(H,19,24). The number of methoxy groups -OCH3 is 1. The van der Waals surface area contributed by atoms with Crippen molar-refractivity contribution in [1.82, 2.24) is 24.5 Å². The number of fused-ring (bicyclic) bond motifs is 1. The molecule has 0 saturated carbocycles. The van der Waals surface area contributed by atoms with E-state index in [1.165, 1.54) is 22.4 Å². The molecule has 142 valence electrons. The molecule has 0 atom stereocenters. The third-order valence-electron chi connectivity index (χ3n) is 3.68. The summed E-state index contributed by atoms with van der Waals surface area (Å²) in [5.41, 5.74) is 1.11. The number of aromatic nitrogens is 4. The van der Waals surface area contributed by atoms with Gasteiger partial charge in [0.2, 0.25) is 5.91 Å². The van der Waals surface area contributed by atoms with Crippen LogP contribution in [0.15, 0.2) is 46.5 Å². The average molecular weight is 408 g/mol. The third kappa shape index (κ3) is 4.88. The fourth-order valence-corrected chi connectivity index (χ4v) is 3.37. The largest absolute Gasteiger partial charge is 0.383 e. The van der Waals surface area contributed by atoms with Crippen LogP contribution in [0.5, 0.6) is 0 Å². The van der Waals surface area contributed by atoms with Gasteiger partial charge in [-0.3, -0.25) is 4.79 Å². The minimum absolute atomic E-state index is 0.161. The van der Waals surface area contributed by atoms with Crippen molar-refractivity contribution >= 4 is 34.9 Å². The summed E-state index contributed by atoms with van der Waals surface area (Å²) in [6.07, 6.45) is 3.08. The van der Waals surface area contributed by atoms with Crippen LogP contribution >= 0.6 is 23.4 Å². The summed E-state index contributed by atoms with van der Waals surface area (Å²) < 4.78 is 7.40. The predicted molar refractivity (Wildman–Crippen MR) is 103 cm³/mol. The van der Waals surface area contributed by atoms with E-state index in [1.807, 2.05) is 24.3 Å². The van der Waals surface area contributed by atoms with Gasteiger partial charge in [0.1, 0.15) is 11.6 Å². The number of carbonyl (C=O) groups is 1. The van der Waals surface area contributed by atoms with Crippen molar-refractivity contribution in [2.45, 2.75) is 17.3 Å². The molecule has 0 aliphatic heterocycles. The van der Waals surface area contributed by atoms with Crippen LogP contribution in [-0.2, 0) is 21.8 Å². The molecule has 0 fully saturated rings. The molecule has 8 nitrogen and oxygen atoms in total. The summed E-state index contributed by atoms with van der Waals surface area (Å²) in [4.78, 5) is 28.7. The zero-order valence-corrected chi connectivity index (χ0v) is 16.2.